The summed E-state index contributed by atoms with van der Waals surface area (Å²) in [5.41, 5.74) is 3.46. The van der Waals surface area contributed by atoms with Crippen molar-refractivity contribution in [2.45, 2.75) is 69.8 Å². The van der Waals surface area contributed by atoms with Crippen molar-refractivity contribution in [1.29, 1.82) is 0 Å². The van der Waals surface area contributed by atoms with Crippen LogP contribution in [0.1, 0.15) is 69.3 Å². The summed E-state index contributed by atoms with van der Waals surface area (Å²) in [6.07, 6.45) is 9.60. The molecule has 1 heterocycles. The van der Waals surface area contributed by atoms with Gasteiger partial charge in [-0.25, -0.2) is 0 Å². The summed E-state index contributed by atoms with van der Waals surface area (Å²) >= 11 is 0. The lowest BCUT2D eigenvalue weighted by Crippen LogP contribution is -2.16. The van der Waals surface area contributed by atoms with Gasteiger partial charge in [0.15, 0.2) is 0 Å². The van der Waals surface area contributed by atoms with Crippen molar-refractivity contribution in [1.82, 2.24) is 10.2 Å². The number of ether oxygens (including phenoxy) is 1. The van der Waals surface area contributed by atoms with Crippen LogP contribution in [0.5, 0.6) is 5.88 Å². The van der Waals surface area contributed by atoms with Gasteiger partial charge in [-0.3, -0.25) is 9.89 Å². The summed E-state index contributed by atoms with van der Waals surface area (Å²) in [5.74, 6) is 0.921. The Kier molecular flexibility index (Phi) is 5.46. The molecule has 2 saturated carbocycles. The molecule has 0 aliphatic heterocycles. The Balaban J connectivity index is 1.35. The normalized spacial score (nSPS) is 23.4. The number of carbonyl (C=O) groups is 1. The summed E-state index contributed by atoms with van der Waals surface area (Å²) in [7, 11) is 0. The quantitative estimate of drug-likeness (QED) is 0.740. The fraction of sp³-hybridized carbons (Fsp3) is 0.545. The van der Waals surface area contributed by atoms with E-state index in [4.69, 9.17) is 9.84 Å². The molecule has 0 amide bonds. The lowest BCUT2D eigenvalue weighted by atomic mass is 9.77. The summed E-state index contributed by atoms with van der Waals surface area (Å²) in [6, 6.07) is 10.7. The number of aliphatic carboxylic acids is 1. The molecule has 0 bridgehead atoms. The van der Waals surface area contributed by atoms with Gasteiger partial charge in [-0.1, -0.05) is 24.3 Å². The molecule has 1 aromatic heterocycles. The van der Waals surface area contributed by atoms with E-state index in [1.54, 1.807) is 0 Å². The van der Waals surface area contributed by atoms with Crippen molar-refractivity contribution in [3.63, 3.8) is 0 Å². The summed E-state index contributed by atoms with van der Waals surface area (Å²) in [6.45, 7) is 0. The molecule has 2 aliphatic rings. The van der Waals surface area contributed by atoms with Crippen LogP contribution in [0.3, 0.4) is 0 Å². The third kappa shape index (κ3) is 4.52. The van der Waals surface area contributed by atoms with Crippen LogP contribution in [-0.4, -0.2) is 27.4 Å². The standard InChI is InChI=1S/C22H28N2O3/c25-22(26)13-15-5-7-16(8-6-15)17-9-11-18(12-10-17)20-14-21(24-23-20)27-19-3-1-2-4-19/h9-12,14-16,19H,1-8,13H2,(H,23,24)(H,25,26)/t15-,16-. The molecule has 5 heteroatoms. The van der Waals surface area contributed by atoms with Crippen LogP contribution >= 0.6 is 0 Å². The molecule has 1 aromatic carbocycles. The zero-order chi connectivity index (χ0) is 18.6. The molecule has 144 valence electrons. The number of hydrogen-bond acceptors (Lipinski definition) is 3. The van der Waals surface area contributed by atoms with Gasteiger partial charge in [0.05, 0.1) is 5.69 Å². The molecule has 2 N–H and O–H groups in total. The molecule has 0 unspecified atom stereocenters. The van der Waals surface area contributed by atoms with Crippen molar-refractivity contribution in [3.05, 3.63) is 35.9 Å². The van der Waals surface area contributed by atoms with E-state index < -0.39 is 5.97 Å². The smallest absolute Gasteiger partial charge is 0.303 e. The second kappa shape index (κ2) is 8.15. The number of aromatic nitrogens is 2. The Morgan fingerprint density at radius 1 is 1.07 bits per heavy atom. The maximum atomic E-state index is 10.9. The van der Waals surface area contributed by atoms with Crippen molar-refractivity contribution in [3.8, 4) is 17.1 Å². The Morgan fingerprint density at radius 2 is 1.78 bits per heavy atom. The van der Waals surface area contributed by atoms with Crippen LogP contribution in [0, 0.1) is 5.92 Å². The molecule has 2 aromatic rings. The third-order valence-corrected chi connectivity index (χ3v) is 6.15. The Morgan fingerprint density at radius 3 is 2.44 bits per heavy atom. The summed E-state index contributed by atoms with van der Waals surface area (Å²) in [4.78, 5) is 10.9. The number of aromatic amines is 1. The molecule has 2 fully saturated rings. The SMILES string of the molecule is O=C(O)C[C@H]1CC[C@H](c2ccc(-c3cc(OC4CCCC4)n[nH]3)cc2)CC1. The Labute approximate surface area is 160 Å². The van der Waals surface area contributed by atoms with Gasteiger partial charge < -0.3 is 9.84 Å². The number of nitrogens with one attached hydrogen (secondary N) is 1. The number of rotatable bonds is 6. The first-order chi connectivity index (χ1) is 13.2. The van der Waals surface area contributed by atoms with Crippen LogP contribution in [-0.2, 0) is 4.79 Å². The first-order valence-corrected chi connectivity index (χ1v) is 10.2. The fourth-order valence-corrected chi connectivity index (χ4v) is 4.57. The highest BCUT2D eigenvalue weighted by Crippen LogP contribution is 2.37. The highest BCUT2D eigenvalue weighted by Gasteiger charge is 2.24. The second-order valence-electron chi connectivity index (χ2n) is 8.08. The minimum Gasteiger partial charge on any atom is -0.481 e. The monoisotopic (exact) mass is 368 g/mol. The lowest BCUT2D eigenvalue weighted by Gasteiger charge is -2.28. The summed E-state index contributed by atoms with van der Waals surface area (Å²) < 4.78 is 5.95. The first kappa shape index (κ1) is 18.1. The van der Waals surface area contributed by atoms with Gasteiger partial charge in [0, 0.05) is 12.5 Å². The zero-order valence-electron chi connectivity index (χ0n) is 15.7. The van der Waals surface area contributed by atoms with E-state index in [0.717, 1.165) is 49.8 Å². The zero-order valence-corrected chi connectivity index (χ0v) is 15.7. The Bertz CT molecular complexity index is 754. The molecule has 0 spiro atoms. The molecule has 27 heavy (non-hydrogen) atoms. The van der Waals surface area contributed by atoms with Gasteiger partial charge in [-0.15, -0.1) is 5.10 Å². The molecule has 0 atom stereocenters. The lowest BCUT2D eigenvalue weighted by molar-refractivity contribution is -0.138. The highest BCUT2D eigenvalue weighted by molar-refractivity contribution is 5.67. The maximum absolute atomic E-state index is 10.9. The van der Waals surface area contributed by atoms with Crippen molar-refractivity contribution < 1.29 is 14.6 Å². The van der Waals surface area contributed by atoms with E-state index in [0.29, 0.717) is 30.2 Å². The third-order valence-electron chi connectivity index (χ3n) is 6.15. The molecule has 0 radical (unpaired) electrons. The van der Waals surface area contributed by atoms with Crippen LogP contribution in [0.4, 0.5) is 0 Å². The molecule has 2 aliphatic carbocycles. The van der Waals surface area contributed by atoms with Gasteiger partial charge in [0.2, 0.25) is 5.88 Å². The summed E-state index contributed by atoms with van der Waals surface area (Å²) in [5, 5.41) is 16.3. The van der Waals surface area contributed by atoms with Gasteiger partial charge in [0.1, 0.15) is 6.10 Å². The first-order valence-electron chi connectivity index (χ1n) is 10.2. The Hall–Kier alpha value is -2.30. The number of carboxylic acids is 1. The van der Waals surface area contributed by atoms with E-state index in [2.05, 4.69) is 34.5 Å². The minimum absolute atomic E-state index is 0.316. The van der Waals surface area contributed by atoms with Crippen molar-refractivity contribution >= 4 is 5.97 Å². The van der Waals surface area contributed by atoms with Crippen molar-refractivity contribution in [2.75, 3.05) is 0 Å². The fourth-order valence-electron chi connectivity index (χ4n) is 4.57. The van der Waals surface area contributed by atoms with Gasteiger partial charge >= 0.3 is 5.97 Å². The topological polar surface area (TPSA) is 75.2 Å². The van der Waals surface area contributed by atoms with Gasteiger partial charge in [-0.05, 0) is 74.3 Å². The number of carboxylic acid groups (broad SMARTS) is 1. The van der Waals surface area contributed by atoms with Gasteiger partial charge in [-0.2, -0.15) is 0 Å². The van der Waals surface area contributed by atoms with Crippen LogP contribution < -0.4 is 4.74 Å². The van der Waals surface area contributed by atoms with E-state index in [9.17, 15) is 4.79 Å². The molecule has 5 nitrogen and oxygen atoms in total. The van der Waals surface area contributed by atoms with E-state index in [-0.39, 0.29) is 0 Å². The number of hydrogen-bond donors (Lipinski definition) is 2. The molecule has 0 saturated heterocycles. The van der Waals surface area contributed by atoms with Crippen LogP contribution in [0.2, 0.25) is 0 Å². The minimum atomic E-state index is -0.668. The number of H-pyrrole nitrogens is 1. The highest BCUT2D eigenvalue weighted by atomic mass is 16.5. The van der Waals surface area contributed by atoms with Crippen molar-refractivity contribution in [2.24, 2.45) is 5.92 Å². The molecule has 4 rings (SSSR count). The van der Waals surface area contributed by atoms with Crippen LogP contribution in [0.15, 0.2) is 30.3 Å². The largest absolute Gasteiger partial charge is 0.481 e. The van der Waals surface area contributed by atoms with Crippen LogP contribution in [0.25, 0.3) is 11.3 Å². The average molecular weight is 368 g/mol. The van der Waals surface area contributed by atoms with E-state index in [1.165, 1.54) is 18.4 Å². The van der Waals surface area contributed by atoms with Gasteiger partial charge in [0.25, 0.3) is 0 Å². The predicted octanol–water partition coefficient (Wildman–Crippen LogP) is 5.15. The van der Waals surface area contributed by atoms with E-state index >= 15 is 0 Å². The average Bonchev–Trinajstić information content (AvgIpc) is 3.35. The molecular formula is C22H28N2O3. The predicted molar refractivity (Wildman–Crippen MR) is 104 cm³/mol. The number of nitrogens with zero attached hydrogens (tertiary/aromatic N) is 1. The van der Waals surface area contributed by atoms with E-state index in [1.807, 2.05) is 6.07 Å². The number of benzene rings is 1. The molecular weight excluding hydrogens is 340 g/mol. The second-order valence-corrected chi connectivity index (χ2v) is 8.08. The maximum Gasteiger partial charge on any atom is 0.303 e.